The summed E-state index contributed by atoms with van der Waals surface area (Å²) in [5.41, 5.74) is 2.13. The van der Waals surface area contributed by atoms with Gasteiger partial charge in [0.1, 0.15) is 24.2 Å². The molecule has 1 aliphatic rings. The van der Waals surface area contributed by atoms with Crippen LogP contribution in [0.15, 0.2) is 54.1 Å². The van der Waals surface area contributed by atoms with Crippen molar-refractivity contribution in [2.75, 3.05) is 13.2 Å². The van der Waals surface area contributed by atoms with Crippen molar-refractivity contribution in [3.63, 3.8) is 0 Å². The molecule has 2 aromatic carbocycles. The summed E-state index contributed by atoms with van der Waals surface area (Å²) in [5, 5.41) is 9.47. The minimum atomic E-state index is -0.146. The van der Waals surface area contributed by atoms with Gasteiger partial charge in [-0.05, 0) is 54.1 Å². The molecule has 1 aliphatic heterocycles. The molecule has 0 aromatic heterocycles. The first kappa shape index (κ1) is 18.1. The van der Waals surface area contributed by atoms with Crippen LogP contribution in [0.1, 0.15) is 15.9 Å². The molecular weight excluding hydrogens is 373 g/mol. The number of rotatable bonds is 5. The van der Waals surface area contributed by atoms with Gasteiger partial charge in [-0.2, -0.15) is 5.26 Å². The standard InChI is InChI=1S/C20H13Cl2NO3/c21-16-10-15-9-13(12-26-20(15)18(22)11-16)1-6-19(24)14-2-4-17(5-3-14)25-8-7-23/h1-6,9-11H,8,12H2/b6-1+. The van der Waals surface area contributed by atoms with E-state index in [0.717, 1.165) is 11.1 Å². The van der Waals surface area contributed by atoms with E-state index in [1.165, 1.54) is 6.08 Å². The van der Waals surface area contributed by atoms with E-state index in [2.05, 4.69) is 0 Å². The highest BCUT2D eigenvalue weighted by Gasteiger charge is 2.14. The summed E-state index contributed by atoms with van der Waals surface area (Å²) in [6.45, 7) is 0.288. The second-order valence-corrected chi connectivity index (χ2v) is 6.33. The van der Waals surface area contributed by atoms with Crippen molar-refractivity contribution in [1.29, 1.82) is 5.26 Å². The van der Waals surface area contributed by atoms with E-state index < -0.39 is 0 Å². The Bertz CT molecular complexity index is 941. The summed E-state index contributed by atoms with van der Waals surface area (Å²) in [4.78, 5) is 12.3. The van der Waals surface area contributed by atoms with E-state index in [4.69, 9.17) is 37.9 Å². The fourth-order valence-corrected chi connectivity index (χ4v) is 3.01. The molecule has 0 fully saturated rings. The number of fused-ring (bicyclic) bond motifs is 1. The Labute approximate surface area is 160 Å². The van der Waals surface area contributed by atoms with Crippen molar-refractivity contribution in [2.45, 2.75) is 0 Å². The third kappa shape index (κ3) is 4.26. The monoisotopic (exact) mass is 385 g/mol. The van der Waals surface area contributed by atoms with E-state index in [1.54, 1.807) is 42.5 Å². The summed E-state index contributed by atoms with van der Waals surface area (Å²) < 4.78 is 10.8. The summed E-state index contributed by atoms with van der Waals surface area (Å²) in [6.07, 6.45) is 5.08. The number of carbonyl (C=O) groups is 1. The number of carbonyl (C=O) groups excluding carboxylic acids is 1. The highest BCUT2D eigenvalue weighted by Crippen LogP contribution is 2.36. The van der Waals surface area contributed by atoms with Gasteiger partial charge in [0, 0.05) is 16.1 Å². The minimum absolute atomic E-state index is 0.0309. The van der Waals surface area contributed by atoms with Crippen LogP contribution >= 0.6 is 23.2 Å². The van der Waals surface area contributed by atoms with Gasteiger partial charge in [-0.1, -0.05) is 29.3 Å². The molecule has 0 saturated carbocycles. The Morgan fingerprint density at radius 2 is 2.04 bits per heavy atom. The lowest BCUT2D eigenvalue weighted by molar-refractivity contribution is 0.104. The van der Waals surface area contributed by atoms with Gasteiger partial charge in [0.05, 0.1) is 5.02 Å². The van der Waals surface area contributed by atoms with Crippen LogP contribution in [0.25, 0.3) is 6.08 Å². The van der Waals surface area contributed by atoms with E-state index in [0.29, 0.717) is 33.7 Å². The third-order valence-corrected chi connectivity index (χ3v) is 4.15. The zero-order valence-electron chi connectivity index (χ0n) is 13.5. The molecule has 0 N–H and O–H groups in total. The minimum Gasteiger partial charge on any atom is -0.487 e. The van der Waals surface area contributed by atoms with Gasteiger partial charge < -0.3 is 9.47 Å². The second kappa shape index (κ2) is 8.09. The van der Waals surface area contributed by atoms with Crippen LogP contribution in [0, 0.1) is 11.3 Å². The summed E-state index contributed by atoms with van der Waals surface area (Å²) in [5.74, 6) is 0.987. The summed E-state index contributed by atoms with van der Waals surface area (Å²) in [7, 11) is 0. The van der Waals surface area contributed by atoms with Gasteiger partial charge in [0.2, 0.25) is 0 Å². The summed E-state index contributed by atoms with van der Waals surface area (Å²) in [6, 6.07) is 11.9. The number of hydrogen-bond donors (Lipinski definition) is 0. The maximum absolute atomic E-state index is 12.3. The molecule has 0 saturated heterocycles. The molecular formula is C20H13Cl2NO3. The molecule has 3 rings (SSSR count). The van der Waals surface area contributed by atoms with E-state index in [1.807, 2.05) is 12.1 Å². The molecule has 2 aromatic rings. The van der Waals surface area contributed by atoms with Gasteiger partial charge in [-0.15, -0.1) is 0 Å². The molecule has 0 bridgehead atoms. The average molecular weight is 386 g/mol. The molecule has 0 amide bonds. The van der Waals surface area contributed by atoms with Crippen LogP contribution in [0.4, 0.5) is 0 Å². The lowest BCUT2D eigenvalue weighted by Crippen LogP contribution is -2.07. The molecule has 4 nitrogen and oxygen atoms in total. The predicted molar refractivity (Wildman–Crippen MR) is 101 cm³/mol. The zero-order valence-corrected chi connectivity index (χ0v) is 15.1. The average Bonchev–Trinajstić information content (AvgIpc) is 2.64. The number of benzene rings is 2. The first-order chi connectivity index (χ1) is 12.6. The third-order valence-electron chi connectivity index (χ3n) is 3.65. The molecule has 0 radical (unpaired) electrons. The van der Waals surface area contributed by atoms with Crippen LogP contribution < -0.4 is 9.47 Å². The largest absolute Gasteiger partial charge is 0.487 e. The van der Waals surface area contributed by atoms with Crippen molar-refractivity contribution < 1.29 is 14.3 Å². The van der Waals surface area contributed by atoms with Crippen molar-refractivity contribution in [3.05, 3.63) is 75.3 Å². The van der Waals surface area contributed by atoms with E-state index in [9.17, 15) is 4.79 Å². The fourth-order valence-electron chi connectivity index (χ4n) is 2.44. The van der Waals surface area contributed by atoms with Gasteiger partial charge >= 0.3 is 0 Å². The Morgan fingerprint density at radius 3 is 2.77 bits per heavy atom. The fraction of sp³-hybridized carbons (Fsp3) is 0.100. The highest BCUT2D eigenvalue weighted by molar-refractivity contribution is 6.36. The maximum Gasteiger partial charge on any atom is 0.185 e. The Kier molecular flexibility index (Phi) is 5.62. The summed E-state index contributed by atoms with van der Waals surface area (Å²) >= 11 is 12.1. The topological polar surface area (TPSA) is 59.3 Å². The molecule has 0 unspecified atom stereocenters. The van der Waals surface area contributed by atoms with Crippen LogP contribution in [0.3, 0.4) is 0 Å². The van der Waals surface area contributed by atoms with Gasteiger partial charge in [-0.25, -0.2) is 0 Å². The molecule has 0 atom stereocenters. The smallest absolute Gasteiger partial charge is 0.185 e. The number of nitrogens with zero attached hydrogens (tertiary/aromatic N) is 1. The van der Waals surface area contributed by atoms with Gasteiger partial charge in [0.25, 0.3) is 0 Å². The number of nitriles is 1. The molecule has 1 heterocycles. The molecule has 0 spiro atoms. The Balaban J connectivity index is 1.72. The van der Waals surface area contributed by atoms with E-state index >= 15 is 0 Å². The molecule has 130 valence electrons. The first-order valence-corrected chi connectivity index (χ1v) is 8.47. The number of halogens is 2. The first-order valence-electron chi connectivity index (χ1n) is 7.71. The second-order valence-electron chi connectivity index (χ2n) is 5.48. The van der Waals surface area contributed by atoms with Crippen LogP contribution in [0.2, 0.25) is 10.0 Å². The lowest BCUT2D eigenvalue weighted by atomic mass is 10.1. The number of hydrogen-bond acceptors (Lipinski definition) is 4. The normalized spacial score (nSPS) is 12.7. The van der Waals surface area contributed by atoms with Gasteiger partial charge in [-0.3, -0.25) is 4.79 Å². The quantitative estimate of drug-likeness (QED) is 0.529. The maximum atomic E-state index is 12.3. The van der Waals surface area contributed by atoms with Crippen molar-refractivity contribution in [1.82, 2.24) is 0 Å². The predicted octanol–water partition coefficient (Wildman–Crippen LogP) is 5.11. The Hall–Kier alpha value is -2.74. The Morgan fingerprint density at radius 1 is 1.27 bits per heavy atom. The van der Waals surface area contributed by atoms with Crippen LogP contribution in [0.5, 0.6) is 11.5 Å². The molecule has 0 aliphatic carbocycles. The van der Waals surface area contributed by atoms with Gasteiger partial charge in [0.15, 0.2) is 12.4 Å². The SMILES string of the molecule is N#CCOc1ccc(C(=O)/C=C/C2=Cc3cc(Cl)cc(Cl)c3OC2)cc1. The number of ketones is 1. The van der Waals surface area contributed by atoms with E-state index in [-0.39, 0.29) is 12.4 Å². The van der Waals surface area contributed by atoms with Crippen molar-refractivity contribution >= 4 is 35.1 Å². The van der Waals surface area contributed by atoms with Crippen LogP contribution in [-0.4, -0.2) is 19.0 Å². The molecule has 26 heavy (non-hydrogen) atoms. The highest BCUT2D eigenvalue weighted by atomic mass is 35.5. The van der Waals surface area contributed by atoms with Crippen molar-refractivity contribution in [2.24, 2.45) is 0 Å². The zero-order chi connectivity index (χ0) is 18.5. The lowest BCUT2D eigenvalue weighted by Gasteiger charge is -2.17. The number of allylic oxidation sites excluding steroid dienone is 1. The number of ether oxygens (including phenoxy) is 2. The van der Waals surface area contributed by atoms with Crippen molar-refractivity contribution in [3.8, 4) is 17.6 Å². The van der Waals surface area contributed by atoms with Crippen LogP contribution in [-0.2, 0) is 0 Å². The molecule has 6 heteroatoms.